The molecular formula is C31H44O3. The van der Waals surface area contributed by atoms with Crippen LogP contribution in [-0.2, 0) is 17.6 Å². The molecule has 1 fully saturated rings. The summed E-state index contributed by atoms with van der Waals surface area (Å²) in [6.07, 6.45) is 3.34. The van der Waals surface area contributed by atoms with E-state index in [9.17, 15) is 15.0 Å². The maximum Gasteiger partial charge on any atom is 0.139 e. The Morgan fingerprint density at radius 2 is 0.882 bits per heavy atom. The molecule has 186 valence electrons. The quantitative estimate of drug-likeness (QED) is 0.416. The molecule has 0 heterocycles. The van der Waals surface area contributed by atoms with Crippen molar-refractivity contribution in [2.45, 2.75) is 105 Å². The molecule has 2 aromatic rings. The van der Waals surface area contributed by atoms with Crippen LogP contribution in [0.3, 0.4) is 0 Å². The molecule has 3 nitrogen and oxygen atoms in total. The summed E-state index contributed by atoms with van der Waals surface area (Å²) in [4.78, 5) is 13.4. The van der Waals surface area contributed by atoms with E-state index in [1.807, 2.05) is 0 Å². The number of phenolic OH excluding ortho intramolecular Hbond substituents is 2. The lowest BCUT2D eigenvalue weighted by molar-refractivity contribution is -0.123. The Bertz CT molecular complexity index is 889. The van der Waals surface area contributed by atoms with Crippen molar-refractivity contribution in [1.29, 1.82) is 0 Å². The third-order valence-electron chi connectivity index (χ3n) is 7.58. The normalized spacial score (nSPS) is 18.8. The highest BCUT2D eigenvalue weighted by Crippen LogP contribution is 2.39. The number of carbonyl (C=O) groups excluding carboxylic acids is 1. The second-order valence-electron chi connectivity index (χ2n) is 11.6. The molecule has 3 heteroatoms. The highest BCUT2D eigenvalue weighted by atomic mass is 16.3. The molecule has 0 amide bonds. The van der Waals surface area contributed by atoms with Gasteiger partial charge < -0.3 is 10.2 Å². The maximum absolute atomic E-state index is 13.4. The number of ketones is 1. The number of aromatic hydroxyl groups is 2. The van der Waals surface area contributed by atoms with Gasteiger partial charge in [0.1, 0.15) is 17.3 Å². The van der Waals surface area contributed by atoms with Crippen LogP contribution in [-0.4, -0.2) is 16.0 Å². The Morgan fingerprint density at radius 3 is 1.12 bits per heavy atom. The lowest BCUT2D eigenvalue weighted by Crippen LogP contribution is -2.18. The average Bonchev–Trinajstić information content (AvgIpc) is 3.08. The second-order valence-corrected chi connectivity index (χ2v) is 11.6. The van der Waals surface area contributed by atoms with Gasteiger partial charge in [0.2, 0.25) is 0 Å². The molecule has 0 aromatic heterocycles. The molecule has 2 aromatic carbocycles. The van der Waals surface area contributed by atoms with E-state index < -0.39 is 0 Å². The van der Waals surface area contributed by atoms with Crippen LogP contribution in [0.4, 0.5) is 0 Å². The van der Waals surface area contributed by atoms with Gasteiger partial charge in [0.15, 0.2) is 0 Å². The molecule has 2 atom stereocenters. The average molecular weight is 465 g/mol. The van der Waals surface area contributed by atoms with Crippen LogP contribution in [0.2, 0.25) is 0 Å². The summed E-state index contributed by atoms with van der Waals surface area (Å²) in [7, 11) is 0. The summed E-state index contributed by atoms with van der Waals surface area (Å²) in [5, 5.41) is 21.5. The van der Waals surface area contributed by atoms with E-state index in [1.54, 1.807) is 0 Å². The van der Waals surface area contributed by atoms with Crippen molar-refractivity contribution in [1.82, 2.24) is 0 Å². The summed E-state index contributed by atoms with van der Waals surface area (Å²) in [5.41, 5.74) is 6.25. The minimum atomic E-state index is 0.0424. The number of benzene rings is 2. The minimum absolute atomic E-state index is 0.0424. The molecule has 34 heavy (non-hydrogen) atoms. The zero-order valence-corrected chi connectivity index (χ0v) is 22.4. The first-order valence-corrected chi connectivity index (χ1v) is 13.2. The first-order valence-electron chi connectivity index (χ1n) is 13.2. The van der Waals surface area contributed by atoms with Crippen LogP contribution in [0.1, 0.15) is 125 Å². The molecule has 0 saturated heterocycles. The van der Waals surface area contributed by atoms with Crippen LogP contribution in [0, 0.1) is 11.8 Å². The third kappa shape index (κ3) is 5.50. The monoisotopic (exact) mass is 464 g/mol. The van der Waals surface area contributed by atoms with Crippen molar-refractivity contribution in [2.75, 3.05) is 0 Å². The zero-order valence-electron chi connectivity index (χ0n) is 22.4. The van der Waals surface area contributed by atoms with Crippen molar-refractivity contribution in [2.24, 2.45) is 11.8 Å². The summed E-state index contributed by atoms with van der Waals surface area (Å²) < 4.78 is 0. The standard InChI is InChI=1S/C31H44O3/c1-17(2)25-13-21(14-26(18(3)4)30(25)33)11-23-9-10-24(29(23)32)12-22-15-27(19(5)6)31(34)28(16-22)20(7)8/h13-20,23-24,33-34H,9-12H2,1-8H3. The van der Waals surface area contributed by atoms with Gasteiger partial charge in [-0.3, -0.25) is 4.79 Å². The molecule has 0 aliphatic heterocycles. The molecule has 2 unspecified atom stereocenters. The smallest absolute Gasteiger partial charge is 0.139 e. The molecule has 2 N–H and O–H groups in total. The maximum atomic E-state index is 13.4. The lowest BCUT2D eigenvalue weighted by atomic mass is 9.86. The van der Waals surface area contributed by atoms with E-state index in [0.29, 0.717) is 17.3 Å². The number of Topliss-reactive ketones (excluding diaryl/α,β-unsaturated/α-hetero) is 1. The zero-order chi connectivity index (χ0) is 25.3. The SMILES string of the molecule is CC(C)c1cc(CC2CCC(Cc3cc(C(C)C)c(O)c(C(C)C)c3)C2=O)cc(C(C)C)c1O. The van der Waals surface area contributed by atoms with Gasteiger partial charge in [-0.1, -0.05) is 79.7 Å². The van der Waals surface area contributed by atoms with Crippen LogP contribution in [0.5, 0.6) is 11.5 Å². The molecule has 1 aliphatic carbocycles. The number of hydrogen-bond acceptors (Lipinski definition) is 3. The lowest BCUT2D eigenvalue weighted by Gasteiger charge is -2.20. The van der Waals surface area contributed by atoms with Gasteiger partial charge in [-0.15, -0.1) is 0 Å². The number of hydrogen-bond donors (Lipinski definition) is 2. The molecule has 0 bridgehead atoms. The van der Waals surface area contributed by atoms with E-state index in [1.165, 1.54) is 0 Å². The first kappa shape index (κ1) is 26.3. The largest absolute Gasteiger partial charge is 0.507 e. The third-order valence-corrected chi connectivity index (χ3v) is 7.58. The second kappa shape index (κ2) is 10.5. The van der Waals surface area contributed by atoms with Crippen molar-refractivity contribution < 1.29 is 15.0 Å². The predicted molar refractivity (Wildman–Crippen MR) is 141 cm³/mol. The fourth-order valence-electron chi connectivity index (χ4n) is 5.48. The summed E-state index contributed by atoms with van der Waals surface area (Å²) in [6.45, 7) is 16.8. The summed E-state index contributed by atoms with van der Waals surface area (Å²) in [5.74, 6) is 2.25. The molecular weight excluding hydrogens is 420 g/mol. The van der Waals surface area contributed by atoms with Gasteiger partial charge in [0.05, 0.1) is 0 Å². The highest BCUT2D eigenvalue weighted by molar-refractivity contribution is 5.86. The van der Waals surface area contributed by atoms with Crippen molar-refractivity contribution in [3.63, 3.8) is 0 Å². The van der Waals surface area contributed by atoms with Crippen LogP contribution < -0.4 is 0 Å². The highest BCUT2D eigenvalue weighted by Gasteiger charge is 2.34. The Kier molecular flexibility index (Phi) is 8.16. The van der Waals surface area contributed by atoms with Crippen LogP contribution >= 0.6 is 0 Å². The molecule has 3 rings (SSSR count). The number of rotatable bonds is 8. The van der Waals surface area contributed by atoms with E-state index >= 15 is 0 Å². The fourth-order valence-corrected chi connectivity index (χ4v) is 5.48. The van der Waals surface area contributed by atoms with E-state index in [-0.39, 0.29) is 35.5 Å². The van der Waals surface area contributed by atoms with Crippen molar-refractivity contribution >= 4 is 5.78 Å². The predicted octanol–water partition coefficient (Wildman–Crippen LogP) is 7.97. The topological polar surface area (TPSA) is 57.5 Å². The van der Waals surface area contributed by atoms with Gasteiger partial charge in [-0.2, -0.15) is 0 Å². The summed E-state index contributed by atoms with van der Waals surface area (Å²) >= 11 is 0. The van der Waals surface area contributed by atoms with Gasteiger partial charge in [-0.25, -0.2) is 0 Å². The van der Waals surface area contributed by atoms with E-state index in [4.69, 9.17) is 0 Å². The molecule has 1 aliphatic rings. The Hall–Kier alpha value is -2.29. The minimum Gasteiger partial charge on any atom is -0.507 e. The van der Waals surface area contributed by atoms with Crippen molar-refractivity contribution in [3.8, 4) is 11.5 Å². The first-order chi connectivity index (χ1) is 15.9. The Balaban J connectivity index is 1.81. The van der Waals surface area contributed by atoms with E-state index in [2.05, 4.69) is 79.7 Å². The van der Waals surface area contributed by atoms with Crippen LogP contribution in [0.15, 0.2) is 24.3 Å². The molecule has 0 spiro atoms. The van der Waals surface area contributed by atoms with Gasteiger partial charge in [-0.05, 0) is 82.7 Å². The number of phenols is 2. The molecule has 0 radical (unpaired) electrons. The fraction of sp³-hybridized carbons (Fsp3) is 0.581. The van der Waals surface area contributed by atoms with Crippen molar-refractivity contribution in [3.05, 3.63) is 57.6 Å². The van der Waals surface area contributed by atoms with E-state index in [0.717, 1.165) is 59.1 Å². The van der Waals surface area contributed by atoms with Gasteiger partial charge in [0.25, 0.3) is 0 Å². The van der Waals surface area contributed by atoms with Crippen LogP contribution in [0.25, 0.3) is 0 Å². The molecule has 1 saturated carbocycles. The summed E-state index contributed by atoms with van der Waals surface area (Å²) in [6, 6.07) is 8.43. The van der Waals surface area contributed by atoms with Gasteiger partial charge in [0, 0.05) is 11.8 Å². The Labute approximate surface area is 206 Å². The van der Waals surface area contributed by atoms with Gasteiger partial charge >= 0.3 is 0 Å². The number of carbonyl (C=O) groups is 1. The Morgan fingerprint density at radius 1 is 0.618 bits per heavy atom.